The van der Waals surface area contributed by atoms with Crippen LogP contribution in [0, 0.1) is 0 Å². The minimum absolute atomic E-state index is 0. The number of benzene rings is 1. The van der Waals surface area contributed by atoms with Gasteiger partial charge in [0.25, 0.3) is 10.1 Å². The van der Waals surface area contributed by atoms with Crippen molar-refractivity contribution in [3.05, 3.63) is 49.1 Å². The van der Waals surface area contributed by atoms with E-state index in [1.165, 1.54) is 18.2 Å². The van der Waals surface area contributed by atoms with Crippen molar-refractivity contribution in [2.45, 2.75) is 24.7 Å². The summed E-state index contributed by atoms with van der Waals surface area (Å²) in [6, 6.07) is 5.78. The normalized spacial score (nSPS) is 9.55. The minimum atomic E-state index is -4.06. The molecule has 7 heteroatoms. The van der Waals surface area contributed by atoms with E-state index in [2.05, 4.69) is 17.9 Å². The van der Waals surface area contributed by atoms with Gasteiger partial charge in [0, 0.05) is 6.08 Å². The van der Waals surface area contributed by atoms with E-state index >= 15 is 0 Å². The second-order valence-electron chi connectivity index (χ2n) is 3.97. The third kappa shape index (κ3) is 10.8. The van der Waals surface area contributed by atoms with Crippen LogP contribution in [0.25, 0.3) is 6.08 Å². The Morgan fingerprint density at radius 1 is 1.32 bits per heavy atom. The Kier molecular flexibility index (Phi) is 13.4. The van der Waals surface area contributed by atoms with Gasteiger partial charge in [0.1, 0.15) is 0 Å². The number of carbonyl (C=O) groups is 1. The van der Waals surface area contributed by atoms with Crippen LogP contribution in [0.5, 0.6) is 0 Å². The minimum Gasteiger partial charge on any atom is -1.00 e. The Labute approximate surface area is 155 Å². The van der Waals surface area contributed by atoms with E-state index in [0.717, 1.165) is 18.4 Å². The predicted octanol–water partition coefficient (Wildman–Crippen LogP) is 0.209. The zero-order valence-electron chi connectivity index (χ0n) is 14.0. The predicted molar refractivity (Wildman–Crippen MR) is 83.5 cm³/mol. The van der Waals surface area contributed by atoms with E-state index in [1.54, 1.807) is 18.2 Å². The van der Waals surface area contributed by atoms with Gasteiger partial charge in [0.2, 0.25) is 0 Å². The summed E-state index contributed by atoms with van der Waals surface area (Å²) in [5.41, 5.74) is 0.808. The van der Waals surface area contributed by atoms with Crippen molar-refractivity contribution in [1.29, 1.82) is 0 Å². The number of esters is 1. The monoisotopic (exact) mass is 336 g/mol. The molecule has 1 rings (SSSR count). The Hall–Kier alpha value is -0.920. The van der Waals surface area contributed by atoms with Gasteiger partial charge < -0.3 is 6.16 Å². The average molecular weight is 336 g/mol. The molecule has 22 heavy (non-hydrogen) atoms. The van der Waals surface area contributed by atoms with E-state index in [0.29, 0.717) is 6.61 Å². The van der Waals surface area contributed by atoms with Gasteiger partial charge in [-0.2, -0.15) is 8.42 Å². The molecule has 5 nitrogen and oxygen atoms in total. The summed E-state index contributed by atoms with van der Waals surface area (Å²) in [5.74, 6) is -0.330. The van der Waals surface area contributed by atoms with Gasteiger partial charge >= 0.3 is 35.5 Å². The third-order valence-electron chi connectivity index (χ3n) is 2.32. The first-order chi connectivity index (χ1) is 9.85. The summed E-state index contributed by atoms with van der Waals surface area (Å²) in [7, 11) is -4.06. The summed E-state index contributed by atoms with van der Waals surface area (Å²) in [5, 5.41) is 0. The maximum atomic E-state index is 10.6. The molecule has 0 heterocycles. The fourth-order valence-electron chi connectivity index (χ4n) is 1.15. The van der Waals surface area contributed by atoms with Gasteiger partial charge in [0.05, 0.1) is 11.5 Å². The SMILES string of the molecule is C=CC(=O)OCCCC.C=Cc1ccc(S(=O)(=O)O)cc1.[H-].[Na+]. The molecule has 0 spiro atoms. The van der Waals surface area contributed by atoms with E-state index in [1.807, 2.05) is 6.92 Å². The molecule has 1 aromatic rings. The molecular formula is C15H21NaO5S. The Balaban J connectivity index is -0.000000332. The number of unbranched alkanes of at least 4 members (excludes halogenated alkanes) is 1. The zero-order valence-corrected chi connectivity index (χ0v) is 15.8. The van der Waals surface area contributed by atoms with E-state index in [-0.39, 0.29) is 41.8 Å². The van der Waals surface area contributed by atoms with Crippen LogP contribution in [0.3, 0.4) is 0 Å². The van der Waals surface area contributed by atoms with Crippen LogP contribution >= 0.6 is 0 Å². The molecule has 0 radical (unpaired) electrons. The van der Waals surface area contributed by atoms with Gasteiger partial charge in [0.15, 0.2) is 0 Å². The zero-order chi connectivity index (χ0) is 16.3. The topological polar surface area (TPSA) is 80.7 Å². The summed E-state index contributed by atoms with van der Waals surface area (Å²) in [6.45, 7) is 9.33. The molecule has 1 aromatic carbocycles. The summed E-state index contributed by atoms with van der Waals surface area (Å²) in [6.07, 6.45) is 4.74. The van der Waals surface area contributed by atoms with Crippen molar-refractivity contribution in [2.75, 3.05) is 6.61 Å². The van der Waals surface area contributed by atoms with Crippen LogP contribution in [-0.2, 0) is 19.6 Å². The molecule has 0 aliphatic heterocycles. The maximum Gasteiger partial charge on any atom is 1.00 e. The van der Waals surface area contributed by atoms with Crippen LogP contribution in [0.1, 0.15) is 26.8 Å². The van der Waals surface area contributed by atoms with Crippen LogP contribution in [0.15, 0.2) is 48.4 Å². The number of ether oxygens (including phenoxy) is 1. The summed E-state index contributed by atoms with van der Waals surface area (Å²) >= 11 is 0. The second kappa shape index (κ2) is 12.6. The first kappa shape index (κ1) is 23.3. The molecule has 1 N–H and O–H groups in total. The molecule has 0 aromatic heterocycles. The van der Waals surface area contributed by atoms with Crippen molar-refractivity contribution in [2.24, 2.45) is 0 Å². The largest absolute Gasteiger partial charge is 1.00 e. The van der Waals surface area contributed by atoms with Crippen molar-refractivity contribution < 1.29 is 53.5 Å². The van der Waals surface area contributed by atoms with Crippen molar-refractivity contribution in [3.8, 4) is 0 Å². The van der Waals surface area contributed by atoms with Crippen molar-refractivity contribution in [1.82, 2.24) is 0 Å². The quantitative estimate of drug-likeness (QED) is 0.264. The van der Waals surface area contributed by atoms with Gasteiger partial charge in [-0.05, 0) is 24.1 Å². The van der Waals surface area contributed by atoms with Gasteiger partial charge in [-0.3, -0.25) is 4.55 Å². The van der Waals surface area contributed by atoms with E-state index in [4.69, 9.17) is 4.55 Å². The molecule has 0 amide bonds. The molecule has 0 aliphatic rings. The Bertz CT molecular complexity index is 570. The van der Waals surface area contributed by atoms with Crippen LogP contribution < -0.4 is 29.6 Å². The molecule has 118 valence electrons. The summed E-state index contributed by atoms with van der Waals surface area (Å²) < 4.78 is 34.4. The van der Waals surface area contributed by atoms with Crippen molar-refractivity contribution >= 4 is 22.2 Å². The number of hydrogen-bond donors (Lipinski definition) is 1. The molecule has 0 saturated heterocycles. The van der Waals surface area contributed by atoms with E-state index < -0.39 is 10.1 Å². The van der Waals surface area contributed by atoms with E-state index in [9.17, 15) is 13.2 Å². The van der Waals surface area contributed by atoms with Crippen LogP contribution in [0.2, 0.25) is 0 Å². The molecule has 0 saturated carbocycles. The average Bonchev–Trinajstić information content (AvgIpc) is 2.47. The Morgan fingerprint density at radius 3 is 2.23 bits per heavy atom. The van der Waals surface area contributed by atoms with Gasteiger partial charge in [-0.25, -0.2) is 4.79 Å². The molecular weight excluding hydrogens is 315 g/mol. The second-order valence-corrected chi connectivity index (χ2v) is 5.39. The smallest absolute Gasteiger partial charge is 1.00 e. The third-order valence-corrected chi connectivity index (χ3v) is 3.19. The fraction of sp³-hybridized carbons (Fsp3) is 0.267. The van der Waals surface area contributed by atoms with Crippen LogP contribution in [0.4, 0.5) is 0 Å². The first-order valence-corrected chi connectivity index (χ1v) is 7.78. The number of hydrogen-bond acceptors (Lipinski definition) is 4. The van der Waals surface area contributed by atoms with Crippen molar-refractivity contribution in [3.63, 3.8) is 0 Å². The molecule has 0 aliphatic carbocycles. The van der Waals surface area contributed by atoms with Gasteiger partial charge in [-0.15, -0.1) is 0 Å². The molecule has 0 fully saturated rings. The maximum absolute atomic E-state index is 10.6. The van der Waals surface area contributed by atoms with Gasteiger partial charge in [-0.1, -0.05) is 44.7 Å². The number of rotatable bonds is 6. The number of carbonyl (C=O) groups excluding carboxylic acids is 1. The first-order valence-electron chi connectivity index (χ1n) is 6.34. The molecule has 0 bridgehead atoms. The Morgan fingerprint density at radius 2 is 1.86 bits per heavy atom. The standard InChI is InChI=1S/C8H8O3S.C7H12O2.Na.H/c1-2-7-3-5-8(6-4-7)12(9,10)11;1-3-5-6-9-7(8)4-2;;/h2-6H,1H2,(H,9,10,11);4H,2-3,5-6H2,1H3;;/q;;+1;-1. The fourth-order valence-corrected chi connectivity index (χ4v) is 1.63. The van der Waals surface area contributed by atoms with Crippen LogP contribution in [-0.4, -0.2) is 25.5 Å². The summed E-state index contributed by atoms with van der Waals surface area (Å²) in [4.78, 5) is 10.2. The molecule has 0 atom stereocenters. The molecule has 0 unspecified atom stereocenters.